The highest BCUT2D eigenvalue weighted by Crippen LogP contribution is 2.17. The predicted octanol–water partition coefficient (Wildman–Crippen LogP) is 1.57. The molecule has 1 aromatic heterocycles. The minimum atomic E-state index is -0.579. The maximum atomic E-state index is 11.6. The first-order valence-electron chi connectivity index (χ1n) is 6.93. The fourth-order valence-corrected chi connectivity index (χ4v) is 2.07. The van der Waals surface area contributed by atoms with Crippen molar-refractivity contribution in [3.05, 3.63) is 36.0 Å². The molecule has 0 aliphatic rings. The summed E-state index contributed by atoms with van der Waals surface area (Å²) in [5, 5.41) is 6.30. The SMILES string of the molecule is CCOC(=O)NCC(=O)NCCc1c[nH]c2ccccc12. The number of hydrogen-bond acceptors (Lipinski definition) is 3. The molecule has 3 N–H and O–H groups in total. The summed E-state index contributed by atoms with van der Waals surface area (Å²) in [5.74, 6) is -0.233. The molecular formula is C15H19N3O3. The molecule has 2 rings (SSSR count). The molecule has 1 heterocycles. The lowest BCUT2D eigenvalue weighted by Crippen LogP contribution is -2.37. The average Bonchev–Trinajstić information content (AvgIpc) is 2.89. The van der Waals surface area contributed by atoms with Crippen LogP contribution in [-0.4, -0.2) is 36.7 Å². The summed E-state index contributed by atoms with van der Waals surface area (Å²) in [6, 6.07) is 8.03. The minimum absolute atomic E-state index is 0.0767. The second-order valence-electron chi connectivity index (χ2n) is 4.53. The molecule has 0 atom stereocenters. The molecule has 2 amide bonds. The number of carbonyl (C=O) groups is 2. The summed E-state index contributed by atoms with van der Waals surface area (Å²) >= 11 is 0. The zero-order valence-electron chi connectivity index (χ0n) is 11.9. The van der Waals surface area contributed by atoms with Gasteiger partial charge in [0.1, 0.15) is 0 Å². The van der Waals surface area contributed by atoms with Crippen molar-refractivity contribution in [3.8, 4) is 0 Å². The molecular weight excluding hydrogens is 270 g/mol. The van der Waals surface area contributed by atoms with Gasteiger partial charge in [-0.1, -0.05) is 18.2 Å². The van der Waals surface area contributed by atoms with E-state index in [1.165, 1.54) is 0 Å². The molecule has 112 valence electrons. The van der Waals surface area contributed by atoms with Crippen LogP contribution in [0.2, 0.25) is 0 Å². The lowest BCUT2D eigenvalue weighted by atomic mass is 10.1. The Labute approximate surface area is 122 Å². The van der Waals surface area contributed by atoms with E-state index in [9.17, 15) is 9.59 Å². The van der Waals surface area contributed by atoms with Gasteiger partial charge in [-0.15, -0.1) is 0 Å². The van der Waals surface area contributed by atoms with Crippen LogP contribution in [0.25, 0.3) is 10.9 Å². The van der Waals surface area contributed by atoms with Crippen LogP contribution < -0.4 is 10.6 Å². The van der Waals surface area contributed by atoms with E-state index in [4.69, 9.17) is 0 Å². The van der Waals surface area contributed by atoms with Crippen molar-refractivity contribution in [2.24, 2.45) is 0 Å². The van der Waals surface area contributed by atoms with Gasteiger partial charge in [0.2, 0.25) is 5.91 Å². The van der Waals surface area contributed by atoms with Crippen LogP contribution in [-0.2, 0) is 16.0 Å². The molecule has 0 aliphatic carbocycles. The molecule has 0 spiro atoms. The second kappa shape index (κ2) is 7.33. The summed E-state index contributed by atoms with van der Waals surface area (Å²) in [5.41, 5.74) is 2.24. The van der Waals surface area contributed by atoms with Crippen LogP contribution in [0, 0.1) is 0 Å². The van der Waals surface area contributed by atoms with E-state index in [-0.39, 0.29) is 19.1 Å². The van der Waals surface area contributed by atoms with Gasteiger partial charge in [0, 0.05) is 23.6 Å². The third-order valence-corrected chi connectivity index (χ3v) is 3.06. The normalized spacial score (nSPS) is 10.3. The van der Waals surface area contributed by atoms with Crippen molar-refractivity contribution in [1.82, 2.24) is 15.6 Å². The number of H-pyrrole nitrogens is 1. The van der Waals surface area contributed by atoms with Gasteiger partial charge in [0.05, 0.1) is 13.2 Å². The highest BCUT2D eigenvalue weighted by Gasteiger charge is 2.06. The zero-order valence-corrected chi connectivity index (χ0v) is 11.9. The van der Waals surface area contributed by atoms with Crippen molar-refractivity contribution in [1.29, 1.82) is 0 Å². The number of benzene rings is 1. The fourth-order valence-electron chi connectivity index (χ4n) is 2.07. The Morgan fingerprint density at radius 1 is 1.24 bits per heavy atom. The minimum Gasteiger partial charge on any atom is -0.450 e. The molecule has 0 saturated carbocycles. The van der Waals surface area contributed by atoms with E-state index in [0.29, 0.717) is 6.54 Å². The maximum Gasteiger partial charge on any atom is 0.407 e. The van der Waals surface area contributed by atoms with Gasteiger partial charge >= 0.3 is 6.09 Å². The van der Waals surface area contributed by atoms with E-state index in [1.54, 1.807) is 6.92 Å². The number of carbonyl (C=O) groups excluding carboxylic acids is 2. The lowest BCUT2D eigenvalue weighted by Gasteiger charge is -2.06. The highest BCUT2D eigenvalue weighted by molar-refractivity contribution is 5.84. The summed E-state index contributed by atoms with van der Waals surface area (Å²) in [4.78, 5) is 25.8. The summed E-state index contributed by atoms with van der Waals surface area (Å²) in [6.45, 7) is 2.44. The van der Waals surface area contributed by atoms with Crippen molar-refractivity contribution < 1.29 is 14.3 Å². The van der Waals surface area contributed by atoms with Gasteiger partial charge in [0.25, 0.3) is 0 Å². The number of fused-ring (bicyclic) bond motifs is 1. The Bertz CT molecular complexity index is 621. The van der Waals surface area contributed by atoms with Crippen LogP contribution in [0.3, 0.4) is 0 Å². The number of amides is 2. The quantitative estimate of drug-likeness (QED) is 0.755. The van der Waals surface area contributed by atoms with E-state index >= 15 is 0 Å². The summed E-state index contributed by atoms with van der Waals surface area (Å²) in [7, 11) is 0. The molecule has 0 aliphatic heterocycles. The molecule has 2 aromatic rings. The number of para-hydroxylation sites is 1. The zero-order chi connectivity index (χ0) is 15.1. The highest BCUT2D eigenvalue weighted by atomic mass is 16.5. The first-order valence-corrected chi connectivity index (χ1v) is 6.93. The van der Waals surface area contributed by atoms with Crippen molar-refractivity contribution >= 4 is 22.9 Å². The summed E-state index contributed by atoms with van der Waals surface area (Å²) < 4.78 is 4.67. The van der Waals surface area contributed by atoms with E-state index in [2.05, 4.69) is 20.4 Å². The number of rotatable bonds is 6. The van der Waals surface area contributed by atoms with Crippen molar-refractivity contribution in [2.75, 3.05) is 19.7 Å². The van der Waals surface area contributed by atoms with E-state index < -0.39 is 6.09 Å². The van der Waals surface area contributed by atoms with Gasteiger partial charge in [-0.3, -0.25) is 4.79 Å². The Morgan fingerprint density at radius 3 is 2.86 bits per heavy atom. The molecule has 6 nitrogen and oxygen atoms in total. The Hall–Kier alpha value is -2.50. The van der Waals surface area contributed by atoms with Crippen molar-refractivity contribution in [2.45, 2.75) is 13.3 Å². The number of alkyl carbamates (subject to hydrolysis) is 1. The Balaban J connectivity index is 1.74. The van der Waals surface area contributed by atoms with Gasteiger partial charge in [0.15, 0.2) is 0 Å². The van der Waals surface area contributed by atoms with E-state index in [1.807, 2.05) is 30.5 Å². The van der Waals surface area contributed by atoms with Crippen LogP contribution in [0.1, 0.15) is 12.5 Å². The number of aromatic nitrogens is 1. The maximum absolute atomic E-state index is 11.6. The second-order valence-corrected chi connectivity index (χ2v) is 4.53. The first kappa shape index (κ1) is 14.9. The third-order valence-electron chi connectivity index (χ3n) is 3.06. The fraction of sp³-hybridized carbons (Fsp3) is 0.333. The van der Waals surface area contributed by atoms with Gasteiger partial charge in [-0.2, -0.15) is 0 Å². The first-order chi connectivity index (χ1) is 10.2. The Kier molecular flexibility index (Phi) is 5.20. The number of hydrogen-bond donors (Lipinski definition) is 3. The largest absolute Gasteiger partial charge is 0.450 e. The topological polar surface area (TPSA) is 83.2 Å². The standard InChI is InChI=1S/C15H19N3O3/c1-2-21-15(20)18-10-14(19)16-8-7-11-9-17-13-6-4-3-5-12(11)13/h3-6,9,17H,2,7-8,10H2,1H3,(H,16,19)(H,18,20). The smallest absolute Gasteiger partial charge is 0.407 e. The molecule has 21 heavy (non-hydrogen) atoms. The molecule has 0 bridgehead atoms. The third kappa shape index (κ3) is 4.24. The predicted molar refractivity (Wildman–Crippen MR) is 80.0 cm³/mol. The van der Waals surface area contributed by atoms with Crippen LogP contribution >= 0.6 is 0 Å². The van der Waals surface area contributed by atoms with Crippen molar-refractivity contribution in [3.63, 3.8) is 0 Å². The van der Waals surface area contributed by atoms with Gasteiger partial charge < -0.3 is 20.4 Å². The monoisotopic (exact) mass is 289 g/mol. The van der Waals surface area contributed by atoms with Gasteiger partial charge in [-0.25, -0.2) is 4.79 Å². The van der Waals surface area contributed by atoms with Crippen LogP contribution in [0.4, 0.5) is 4.79 Å². The molecule has 1 aromatic carbocycles. The number of aromatic amines is 1. The van der Waals surface area contributed by atoms with Crippen LogP contribution in [0.5, 0.6) is 0 Å². The average molecular weight is 289 g/mol. The Morgan fingerprint density at radius 2 is 2.05 bits per heavy atom. The summed E-state index contributed by atoms with van der Waals surface area (Å²) in [6.07, 6.45) is 2.10. The van der Waals surface area contributed by atoms with Crippen LogP contribution in [0.15, 0.2) is 30.5 Å². The molecule has 0 unspecified atom stereocenters. The lowest BCUT2D eigenvalue weighted by molar-refractivity contribution is -0.120. The molecule has 0 fully saturated rings. The molecule has 6 heteroatoms. The molecule has 0 saturated heterocycles. The number of ether oxygens (including phenoxy) is 1. The van der Waals surface area contributed by atoms with E-state index in [0.717, 1.165) is 22.9 Å². The number of nitrogens with one attached hydrogen (secondary N) is 3. The van der Waals surface area contributed by atoms with Gasteiger partial charge in [-0.05, 0) is 25.0 Å². The molecule has 0 radical (unpaired) electrons.